The van der Waals surface area contributed by atoms with E-state index in [9.17, 15) is 14.4 Å². The smallest absolute Gasteiger partial charge is 0.306 e. The van der Waals surface area contributed by atoms with Crippen molar-refractivity contribution in [2.24, 2.45) is 0 Å². The summed E-state index contributed by atoms with van der Waals surface area (Å²) in [6.07, 6.45) is 62.5. The van der Waals surface area contributed by atoms with Gasteiger partial charge in [0.15, 0.2) is 6.10 Å². The number of esters is 3. The van der Waals surface area contributed by atoms with Gasteiger partial charge in [-0.3, -0.25) is 14.4 Å². The SMILES string of the molecule is CC/C=C\C/C=C\C/C=C\C/C=C\CCCCC(=O)OCC(COC(=O)CCCC/C=C\C/C=C\C/C=C\C/C=C\CC)OC(=O)CCCCCCCCCCCCCC. The molecule has 340 valence electrons. The van der Waals surface area contributed by atoms with Crippen molar-refractivity contribution in [3.8, 4) is 0 Å². The second-order valence-electron chi connectivity index (χ2n) is 15.6. The minimum absolute atomic E-state index is 0.112. The Morgan fingerprint density at radius 3 is 1.02 bits per heavy atom. The van der Waals surface area contributed by atoms with Crippen LogP contribution in [0.2, 0.25) is 0 Å². The zero-order valence-corrected chi connectivity index (χ0v) is 38.7. The van der Waals surface area contributed by atoms with Crippen LogP contribution in [0.5, 0.6) is 0 Å². The van der Waals surface area contributed by atoms with Crippen LogP contribution in [0.15, 0.2) is 97.2 Å². The molecule has 0 aliphatic carbocycles. The van der Waals surface area contributed by atoms with Crippen molar-refractivity contribution in [3.63, 3.8) is 0 Å². The Morgan fingerprint density at radius 1 is 0.350 bits per heavy atom. The van der Waals surface area contributed by atoms with Crippen LogP contribution < -0.4 is 0 Å². The van der Waals surface area contributed by atoms with Gasteiger partial charge in [0, 0.05) is 19.3 Å². The molecule has 0 N–H and O–H groups in total. The van der Waals surface area contributed by atoms with Crippen LogP contribution in [0.25, 0.3) is 0 Å². The molecule has 0 aromatic heterocycles. The van der Waals surface area contributed by atoms with E-state index in [2.05, 4.69) is 118 Å². The fraction of sp³-hybridized carbons (Fsp3) is 0.648. The predicted octanol–water partition coefficient (Wildman–Crippen LogP) is 15.8. The van der Waals surface area contributed by atoms with Gasteiger partial charge in [-0.1, -0.05) is 189 Å². The van der Waals surface area contributed by atoms with Gasteiger partial charge in [-0.05, 0) is 96.3 Å². The van der Waals surface area contributed by atoms with Crippen LogP contribution in [0.3, 0.4) is 0 Å². The molecule has 6 nitrogen and oxygen atoms in total. The number of hydrogen-bond acceptors (Lipinski definition) is 6. The lowest BCUT2D eigenvalue weighted by Gasteiger charge is -2.18. The van der Waals surface area contributed by atoms with Crippen molar-refractivity contribution in [3.05, 3.63) is 97.2 Å². The summed E-state index contributed by atoms with van der Waals surface area (Å²) in [5.41, 5.74) is 0. The molecule has 0 aliphatic rings. The first kappa shape index (κ1) is 56.3. The molecule has 0 rings (SSSR count). The van der Waals surface area contributed by atoms with E-state index in [1.165, 1.54) is 57.8 Å². The van der Waals surface area contributed by atoms with Gasteiger partial charge in [-0.25, -0.2) is 0 Å². The van der Waals surface area contributed by atoms with E-state index in [0.717, 1.165) is 109 Å². The van der Waals surface area contributed by atoms with Gasteiger partial charge in [0.05, 0.1) is 0 Å². The first-order valence-electron chi connectivity index (χ1n) is 24.2. The molecule has 0 atom stereocenters. The lowest BCUT2D eigenvalue weighted by atomic mass is 10.0. The normalized spacial score (nSPS) is 12.5. The van der Waals surface area contributed by atoms with Gasteiger partial charge >= 0.3 is 17.9 Å². The lowest BCUT2D eigenvalue weighted by molar-refractivity contribution is -0.167. The Kier molecular flexibility index (Phi) is 45.1. The summed E-state index contributed by atoms with van der Waals surface area (Å²) >= 11 is 0. The van der Waals surface area contributed by atoms with E-state index in [1.54, 1.807) is 0 Å². The molecule has 0 aliphatic heterocycles. The minimum atomic E-state index is -0.809. The summed E-state index contributed by atoms with van der Waals surface area (Å²) < 4.78 is 16.7. The molecular weight excluding hydrogens is 745 g/mol. The summed E-state index contributed by atoms with van der Waals surface area (Å²) in [5.74, 6) is -0.997. The minimum Gasteiger partial charge on any atom is -0.462 e. The fourth-order valence-electron chi connectivity index (χ4n) is 6.25. The third-order valence-corrected chi connectivity index (χ3v) is 9.83. The Labute approximate surface area is 368 Å². The van der Waals surface area contributed by atoms with Crippen LogP contribution in [0.4, 0.5) is 0 Å². The summed E-state index contributed by atoms with van der Waals surface area (Å²) in [4.78, 5) is 37.8. The maximum Gasteiger partial charge on any atom is 0.306 e. The van der Waals surface area contributed by atoms with Crippen molar-refractivity contribution >= 4 is 17.9 Å². The maximum absolute atomic E-state index is 12.7. The van der Waals surface area contributed by atoms with Crippen molar-refractivity contribution < 1.29 is 28.6 Å². The van der Waals surface area contributed by atoms with Gasteiger partial charge in [0.25, 0.3) is 0 Å². The van der Waals surface area contributed by atoms with Crippen LogP contribution >= 0.6 is 0 Å². The summed E-state index contributed by atoms with van der Waals surface area (Å²) in [7, 11) is 0. The third kappa shape index (κ3) is 45.4. The number of unbranched alkanes of at least 4 members (excludes halogenated alkanes) is 15. The van der Waals surface area contributed by atoms with Crippen LogP contribution in [-0.4, -0.2) is 37.2 Å². The monoisotopic (exact) mass is 833 g/mol. The number of carbonyl (C=O) groups is 3. The van der Waals surface area contributed by atoms with Crippen LogP contribution in [0.1, 0.15) is 207 Å². The molecule has 0 aromatic rings. The van der Waals surface area contributed by atoms with Crippen molar-refractivity contribution in [1.82, 2.24) is 0 Å². The quantitative estimate of drug-likeness (QED) is 0.0264. The van der Waals surface area contributed by atoms with Crippen molar-refractivity contribution in [2.75, 3.05) is 13.2 Å². The highest BCUT2D eigenvalue weighted by atomic mass is 16.6. The molecule has 0 aromatic carbocycles. The molecule has 0 radical (unpaired) electrons. The van der Waals surface area contributed by atoms with E-state index < -0.39 is 6.10 Å². The van der Waals surface area contributed by atoms with Crippen molar-refractivity contribution in [2.45, 2.75) is 213 Å². The molecule has 0 bridgehead atoms. The predicted molar refractivity (Wildman–Crippen MR) is 256 cm³/mol. The first-order valence-corrected chi connectivity index (χ1v) is 24.2. The molecule has 6 heteroatoms. The van der Waals surface area contributed by atoms with E-state index in [0.29, 0.717) is 19.3 Å². The summed E-state index contributed by atoms with van der Waals surface area (Å²) in [6, 6.07) is 0. The maximum atomic E-state index is 12.7. The molecule has 0 saturated carbocycles. The molecule has 0 unspecified atom stereocenters. The van der Waals surface area contributed by atoms with Gasteiger partial charge in [0.2, 0.25) is 0 Å². The number of carbonyl (C=O) groups excluding carboxylic acids is 3. The van der Waals surface area contributed by atoms with E-state index in [-0.39, 0.29) is 31.1 Å². The number of allylic oxidation sites excluding steroid dienone is 16. The largest absolute Gasteiger partial charge is 0.462 e. The van der Waals surface area contributed by atoms with Gasteiger partial charge < -0.3 is 14.2 Å². The molecule has 0 fully saturated rings. The van der Waals surface area contributed by atoms with Crippen molar-refractivity contribution in [1.29, 1.82) is 0 Å². The van der Waals surface area contributed by atoms with Gasteiger partial charge in [-0.15, -0.1) is 0 Å². The highest BCUT2D eigenvalue weighted by Gasteiger charge is 2.19. The fourth-order valence-corrected chi connectivity index (χ4v) is 6.25. The first-order chi connectivity index (χ1) is 29.5. The Morgan fingerprint density at radius 2 is 0.650 bits per heavy atom. The van der Waals surface area contributed by atoms with E-state index in [1.807, 2.05) is 0 Å². The summed E-state index contributed by atoms with van der Waals surface area (Å²) in [6.45, 7) is 6.31. The molecule has 60 heavy (non-hydrogen) atoms. The zero-order chi connectivity index (χ0) is 43.7. The van der Waals surface area contributed by atoms with Crippen LogP contribution in [-0.2, 0) is 28.6 Å². The average Bonchev–Trinajstić information content (AvgIpc) is 3.24. The topological polar surface area (TPSA) is 78.9 Å². The molecule has 0 heterocycles. The van der Waals surface area contributed by atoms with Gasteiger partial charge in [0.1, 0.15) is 13.2 Å². The zero-order valence-electron chi connectivity index (χ0n) is 38.7. The Bertz CT molecular complexity index is 1160. The number of rotatable bonds is 42. The average molecular weight is 833 g/mol. The second-order valence-corrected chi connectivity index (χ2v) is 15.6. The highest BCUT2D eigenvalue weighted by Crippen LogP contribution is 2.14. The molecular formula is C54H88O6. The van der Waals surface area contributed by atoms with Gasteiger partial charge in [-0.2, -0.15) is 0 Å². The Hall–Kier alpha value is -3.67. The molecule has 0 saturated heterocycles. The standard InChI is InChI=1S/C54H88O6/c1-4-7-10-13-16-19-22-25-27-29-32-34-37-40-43-46-52(55)58-49-51(60-54(57)48-45-42-39-36-31-24-21-18-15-12-9-6-3)50-59-53(56)47-44-41-38-35-33-30-28-26-23-20-17-14-11-8-5-2/h7-8,10-11,16-17,19-20,25-28,32-35,51H,4-6,9,12-15,18,21-24,29-31,36-50H2,1-3H3/b10-7-,11-8-,19-16-,20-17-,27-25-,28-26-,34-32-,35-33-. The third-order valence-electron chi connectivity index (χ3n) is 9.83. The van der Waals surface area contributed by atoms with Crippen LogP contribution in [0, 0.1) is 0 Å². The highest BCUT2D eigenvalue weighted by molar-refractivity contribution is 5.71. The van der Waals surface area contributed by atoms with E-state index >= 15 is 0 Å². The number of hydrogen-bond donors (Lipinski definition) is 0. The second kappa shape index (κ2) is 48.0. The number of ether oxygens (including phenoxy) is 3. The van der Waals surface area contributed by atoms with E-state index in [4.69, 9.17) is 14.2 Å². The summed E-state index contributed by atoms with van der Waals surface area (Å²) in [5, 5.41) is 0. The molecule has 0 amide bonds. The lowest BCUT2D eigenvalue weighted by Crippen LogP contribution is -2.30. The molecule has 0 spiro atoms. The Balaban J connectivity index is 4.52.